The maximum absolute atomic E-state index is 6.40. The van der Waals surface area contributed by atoms with Gasteiger partial charge < -0.3 is 4.42 Å². The Morgan fingerprint density at radius 3 is 2.61 bits per heavy atom. The van der Waals surface area contributed by atoms with E-state index in [2.05, 4.69) is 58.5 Å². The molecule has 0 aliphatic heterocycles. The number of para-hydroxylation sites is 2. The van der Waals surface area contributed by atoms with Gasteiger partial charge in [-0.05, 0) is 47.2 Å². The number of halogens is 1. The maximum Gasteiger partial charge on any atom is 0.226 e. The van der Waals surface area contributed by atoms with Crippen LogP contribution in [0.5, 0.6) is 0 Å². The second-order valence-electron chi connectivity index (χ2n) is 8.17. The normalized spacial score (nSPS) is 15.5. The molecular formula is C27H16ClN3OS. The fourth-order valence-corrected chi connectivity index (χ4v) is 6.10. The summed E-state index contributed by atoms with van der Waals surface area (Å²) in [6.45, 7) is 0. The van der Waals surface area contributed by atoms with Crippen LogP contribution in [-0.2, 0) is 6.42 Å². The molecule has 158 valence electrons. The molecule has 1 aliphatic rings. The summed E-state index contributed by atoms with van der Waals surface area (Å²) in [5.41, 5.74) is 3.72. The third-order valence-electron chi connectivity index (χ3n) is 6.21. The van der Waals surface area contributed by atoms with Crippen LogP contribution < -0.4 is 0 Å². The summed E-state index contributed by atoms with van der Waals surface area (Å²) in [6.07, 6.45) is 5.22. The number of nitrogens with zero attached hydrogens (tertiary/aromatic N) is 3. The van der Waals surface area contributed by atoms with E-state index >= 15 is 0 Å². The van der Waals surface area contributed by atoms with Crippen molar-refractivity contribution in [2.24, 2.45) is 0 Å². The molecule has 1 aliphatic carbocycles. The summed E-state index contributed by atoms with van der Waals surface area (Å²) in [6, 6.07) is 22.6. The third-order valence-corrected chi connectivity index (χ3v) is 7.59. The topological polar surface area (TPSA) is 51.8 Å². The van der Waals surface area contributed by atoms with Crippen LogP contribution in [0.25, 0.3) is 49.5 Å². The number of furan rings is 1. The molecule has 1 unspecified atom stereocenters. The Kier molecular flexibility index (Phi) is 4.16. The van der Waals surface area contributed by atoms with Crippen LogP contribution in [0.3, 0.4) is 0 Å². The zero-order chi connectivity index (χ0) is 21.9. The first-order valence-electron chi connectivity index (χ1n) is 10.8. The first kappa shape index (κ1) is 19.0. The molecule has 0 spiro atoms. The Morgan fingerprint density at radius 2 is 1.67 bits per heavy atom. The third kappa shape index (κ3) is 3.00. The molecule has 7 rings (SSSR count). The van der Waals surface area contributed by atoms with E-state index in [4.69, 9.17) is 21.0 Å². The van der Waals surface area contributed by atoms with Crippen LogP contribution in [0.15, 0.2) is 77.2 Å². The van der Waals surface area contributed by atoms with Crippen LogP contribution >= 0.6 is 22.9 Å². The van der Waals surface area contributed by atoms with E-state index in [0.29, 0.717) is 11.6 Å². The van der Waals surface area contributed by atoms with Crippen LogP contribution in [-0.4, -0.2) is 15.0 Å². The number of benzene rings is 3. The predicted octanol–water partition coefficient (Wildman–Crippen LogP) is 7.66. The number of aromatic nitrogens is 3. The summed E-state index contributed by atoms with van der Waals surface area (Å²) in [4.78, 5) is 15.2. The number of hydrogen-bond acceptors (Lipinski definition) is 5. The molecule has 0 amide bonds. The first-order valence-corrected chi connectivity index (χ1v) is 11.9. The second-order valence-corrected chi connectivity index (χ2v) is 9.65. The lowest BCUT2D eigenvalue weighted by molar-refractivity contribution is 0.669. The van der Waals surface area contributed by atoms with Crippen molar-refractivity contribution in [2.45, 2.75) is 12.3 Å². The van der Waals surface area contributed by atoms with Crippen molar-refractivity contribution in [2.75, 3.05) is 0 Å². The molecule has 6 aromatic rings. The molecule has 0 bridgehead atoms. The van der Waals surface area contributed by atoms with Crippen molar-refractivity contribution in [1.29, 1.82) is 0 Å². The zero-order valence-electron chi connectivity index (χ0n) is 17.3. The molecule has 0 radical (unpaired) electrons. The van der Waals surface area contributed by atoms with Gasteiger partial charge >= 0.3 is 0 Å². The van der Waals surface area contributed by atoms with E-state index < -0.39 is 0 Å². The minimum absolute atomic E-state index is 0.0414. The van der Waals surface area contributed by atoms with Gasteiger partial charge in [0, 0.05) is 26.3 Å². The highest BCUT2D eigenvalue weighted by Gasteiger charge is 2.24. The number of fused-ring (bicyclic) bond motifs is 6. The van der Waals surface area contributed by atoms with Crippen molar-refractivity contribution in [3.63, 3.8) is 0 Å². The minimum Gasteiger partial charge on any atom is -0.455 e. The second kappa shape index (κ2) is 7.24. The molecule has 0 N–H and O–H groups in total. The van der Waals surface area contributed by atoms with E-state index in [1.54, 1.807) is 0 Å². The highest BCUT2D eigenvalue weighted by molar-refractivity contribution is 7.19. The molecule has 0 fully saturated rings. The SMILES string of the molecule is Clc1nc(-c2cccc3c2oc2ccccc23)nc(C2C=Cc3c(sc4ccccc34)C2)n1. The number of hydrogen-bond donors (Lipinski definition) is 0. The minimum atomic E-state index is 0.0414. The van der Waals surface area contributed by atoms with Gasteiger partial charge in [-0.1, -0.05) is 60.7 Å². The van der Waals surface area contributed by atoms with Crippen molar-refractivity contribution in [3.05, 3.63) is 94.4 Å². The van der Waals surface area contributed by atoms with E-state index in [-0.39, 0.29) is 11.2 Å². The van der Waals surface area contributed by atoms with E-state index in [0.717, 1.165) is 33.9 Å². The van der Waals surface area contributed by atoms with Gasteiger partial charge in [-0.25, -0.2) is 9.97 Å². The van der Waals surface area contributed by atoms with Gasteiger partial charge in [0.15, 0.2) is 5.82 Å². The van der Waals surface area contributed by atoms with Crippen LogP contribution in [0.2, 0.25) is 5.28 Å². The van der Waals surface area contributed by atoms with Crippen LogP contribution in [0.4, 0.5) is 0 Å². The van der Waals surface area contributed by atoms with Crippen molar-refractivity contribution >= 4 is 61.0 Å². The molecule has 4 nitrogen and oxygen atoms in total. The maximum atomic E-state index is 6.40. The largest absolute Gasteiger partial charge is 0.455 e. The highest BCUT2D eigenvalue weighted by atomic mass is 35.5. The van der Waals surface area contributed by atoms with Gasteiger partial charge in [-0.2, -0.15) is 4.98 Å². The monoisotopic (exact) mass is 465 g/mol. The lowest BCUT2D eigenvalue weighted by atomic mass is 9.93. The van der Waals surface area contributed by atoms with Gasteiger partial charge in [0.2, 0.25) is 5.28 Å². The molecule has 0 saturated heterocycles. The average Bonchev–Trinajstić information content (AvgIpc) is 3.41. The summed E-state index contributed by atoms with van der Waals surface area (Å²) in [7, 11) is 0. The Hall–Kier alpha value is -3.54. The highest BCUT2D eigenvalue weighted by Crippen LogP contribution is 2.40. The quantitative estimate of drug-likeness (QED) is 0.263. The van der Waals surface area contributed by atoms with Crippen molar-refractivity contribution in [1.82, 2.24) is 15.0 Å². The van der Waals surface area contributed by atoms with Gasteiger partial charge in [0.1, 0.15) is 17.0 Å². The van der Waals surface area contributed by atoms with Gasteiger partial charge in [0.05, 0.1) is 5.56 Å². The van der Waals surface area contributed by atoms with Crippen molar-refractivity contribution < 1.29 is 4.42 Å². The van der Waals surface area contributed by atoms with Crippen LogP contribution in [0.1, 0.15) is 22.2 Å². The molecule has 3 heterocycles. The summed E-state index contributed by atoms with van der Waals surface area (Å²) >= 11 is 8.24. The Morgan fingerprint density at radius 1 is 0.848 bits per heavy atom. The summed E-state index contributed by atoms with van der Waals surface area (Å²) in [5, 5.41) is 3.60. The lowest BCUT2D eigenvalue weighted by Gasteiger charge is -2.16. The average molecular weight is 466 g/mol. The Balaban J connectivity index is 1.34. The summed E-state index contributed by atoms with van der Waals surface area (Å²) < 4.78 is 7.49. The molecule has 3 aromatic carbocycles. The number of allylic oxidation sites excluding steroid dienone is 1. The van der Waals surface area contributed by atoms with Gasteiger partial charge in [0.25, 0.3) is 0 Å². The van der Waals surface area contributed by atoms with E-state index in [1.807, 2.05) is 41.7 Å². The van der Waals surface area contributed by atoms with Gasteiger partial charge in [-0.3, -0.25) is 0 Å². The Bertz CT molecular complexity index is 1730. The molecular weight excluding hydrogens is 450 g/mol. The fourth-order valence-electron chi connectivity index (χ4n) is 4.68. The lowest BCUT2D eigenvalue weighted by Crippen LogP contribution is -2.10. The fraction of sp³-hybridized carbons (Fsp3) is 0.0741. The molecule has 0 saturated carbocycles. The smallest absolute Gasteiger partial charge is 0.226 e. The molecule has 1 atom stereocenters. The summed E-state index contributed by atoms with van der Waals surface area (Å²) in [5.74, 6) is 1.25. The molecule has 6 heteroatoms. The Labute approximate surface area is 198 Å². The standard InChI is InChI=1S/C27H16ClN3OS/c28-27-30-25(15-12-13-18-17-7-2-4-11-22(17)33-23(18)14-15)29-26(31-27)20-9-5-8-19-16-6-1-3-10-21(16)32-24(19)20/h1-13,15H,14H2. The zero-order valence-corrected chi connectivity index (χ0v) is 18.9. The van der Waals surface area contributed by atoms with Crippen LogP contribution in [0, 0.1) is 0 Å². The number of rotatable bonds is 2. The molecule has 33 heavy (non-hydrogen) atoms. The molecule has 3 aromatic heterocycles. The first-order chi connectivity index (χ1) is 16.2. The number of thiophene rings is 1. The van der Waals surface area contributed by atoms with E-state index in [9.17, 15) is 0 Å². The van der Waals surface area contributed by atoms with Crippen molar-refractivity contribution in [3.8, 4) is 11.4 Å². The van der Waals surface area contributed by atoms with Gasteiger partial charge in [-0.15, -0.1) is 11.3 Å². The van der Waals surface area contributed by atoms with E-state index in [1.165, 1.54) is 20.5 Å². The predicted molar refractivity (Wildman–Crippen MR) is 135 cm³/mol.